The molecule has 70 valence electrons. The molecule has 0 saturated carbocycles. The van der Waals surface area contributed by atoms with Crippen LogP contribution in [0.5, 0.6) is 0 Å². The highest BCUT2D eigenvalue weighted by atomic mass is 15.3. The second-order valence-electron chi connectivity index (χ2n) is 4.05. The first-order chi connectivity index (χ1) is 5.85. The highest BCUT2D eigenvalue weighted by Gasteiger charge is 2.37. The van der Waals surface area contributed by atoms with Crippen LogP contribution >= 0.6 is 0 Å². The number of nitrogens with zero attached hydrogens (tertiary/aromatic N) is 2. The molecule has 0 aliphatic carbocycles. The number of rotatable bonds is 2. The molecule has 2 aliphatic rings. The first kappa shape index (κ1) is 8.52. The molecule has 2 atom stereocenters. The van der Waals surface area contributed by atoms with Gasteiger partial charge in [-0.05, 0) is 32.5 Å². The van der Waals surface area contributed by atoms with E-state index in [0.29, 0.717) is 0 Å². The molecule has 2 saturated heterocycles. The van der Waals surface area contributed by atoms with Crippen LogP contribution in [0.1, 0.15) is 26.7 Å². The smallest absolute Gasteiger partial charge is 0.0238 e. The number of likely N-dealkylation sites (N-methyl/N-ethyl adjacent to an activating group) is 2. The molecule has 2 heteroatoms. The Bertz CT molecular complexity index is 156. The van der Waals surface area contributed by atoms with Crippen molar-refractivity contribution in [3.63, 3.8) is 0 Å². The topological polar surface area (TPSA) is 6.48 Å². The van der Waals surface area contributed by atoms with Gasteiger partial charge in [-0.3, -0.25) is 9.80 Å². The largest absolute Gasteiger partial charge is 0.299 e. The van der Waals surface area contributed by atoms with Gasteiger partial charge >= 0.3 is 0 Å². The van der Waals surface area contributed by atoms with Crippen LogP contribution in [-0.2, 0) is 0 Å². The Morgan fingerprint density at radius 1 is 1.08 bits per heavy atom. The van der Waals surface area contributed by atoms with E-state index >= 15 is 0 Å². The average molecular weight is 168 g/mol. The minimum Gasteiger partial charge on any atom is -0.299 e. The van der Waals surface area contributed by atoms with Crippen LogP contribution in [-0.4, -0.2) is 48.1 Å². The van der Waals surface area contributed by atoms with Crippen molar-refractivity contribution in [1.29, 1.82) is 0 Å². The second kappa shape index (κ2) is 3.35. The minimum absolute atomic E-state index is 0.883. The summed E-state index contributed by atoms with van der Waals surface area (Å²) in [6, 6.07) is 1.80. The molecule has 2 heterocycles. The fraction of sp³-hybridized carbons (Fsp3) is 1.00. The fourth-order valence-corrected chi connectivity index (χ4v) is 2.82. The summed E-state index contributed by atoms with van der Waals surface area (Å²) in [5, 5.41) is 0. The van der Waals surface area contributed by atoms with Gasteiger partial charge in [0.15, 0.2) is 0 Å². The minimum atomic E-state index is 0.883. The lowest BCUT2D eigenvalue weighted by atomic mass is 10.0. The van der Waals surface area contributed by atoms with Crippen LogP contribution in [0, 0.1) is 0 Å². The first-order valence-corrected chi connectivity index (χ1v) is 5.33. The zero-order valence-corrected chi connectivity index (χ0v) is 8.29. The van der Waals surface area contributed by atoms with Gasteiger partial charge in [0.1, 0.15) is 0 Å². The number of hydrogen-bond acceptors (Lipinski definition) is 2. The Balaban J connectivity index is 2.00. The Morgan fingerprint density at radius 2 is 1.83 bits per heavy atom. The predicted octanol–water partition coefficient (Wildman–Crippen LogP) is 1.17. The van der Waals surface area contributed by atoms with E-state index in [4.69, 9.17) is 0 Å². The zero-order valence-electron chi connectivity index (χ0n) is 8.29. The molecule has 0 aromatic heterocycles. The molecule has 2 unspecified atom stereocenters. The van der Waals surface area contributed by atoms with Gasteiger partial charge in [-0.1, -0.05) is 13.8 Å². The molecular weight excluding hydrogens is 148 g/mol. The number of hydrogen-bond donors (Lipinski definition) is 0. The van der Waals surface area contributed by atoms with Crippen molar-refractivity contribution in [3.8, 4) is 0 Å². The predicted molar refractivity (Wildman–Crippen MR) is 51.3 cm³/mol. The summed E-state index contributed by atoms with van der Waals surface area (Å²) in [5.74, 6) is 0. The quantitative estimate of drug-likeness (QED) is 0.611. The SMILES string of the molecule is CCN1CCC2CC1CN2CC. The number of piperidine rings is 1. The molecule has 12 heavy (non-hydrogen) atoms. The van der Waals surface area contributed by atoms with Crippen LogP contribution in [0.2, 0.25) is 0 Å². The summed E-state index contributed by atoms with van der Waals surface area (Å²) in [7, 11) is 0. The molecule has 0 aromatic rings. The maximum Gasteiger partial charge on any atom is 0.0238 e. The van der Waals surface area contributed by atoms with Gasteiger partial charge in [-0.25, -0.2) is 0 Å². The van der Waals surface area contributed by atoms with E-state index in [9.17, 15) is 0 Å². The molecule has 2 fully saturated rings. The van der Waals surface area contributed by atoms with Gasteiger partial charge in [0, 0.05) is 18.6 Å². The molecule has 2 bridgehead atoms. The van der Waals surface area contributed by atoms with Crippen molar-refractivity contribution in [3.05, 3.63) is 0 Å². The standard InChI is InChI=1S/C10H20N2/c1-3-11-6-5-9-7-10(11)8-12(9)4-2/h9-10H,3-8H2,1-2H3. The van der Waals surface area contributed by atoms with Crippen LogP contribution in [0.3, 0.4) is 0 Å². The molecule has 0 amide bonds. The maximum atomic E-state index is 2.65. The van der Waals surface area contributed by atoms with Crippen molar-refractivity contribution in [2.24, 2.45) is 0 Å². The van der Waals surface area contributed by atoms with Crippen molar-refractivity contribution < 1.29 is 0 Å². The third-order valence-corrected chi connectivity index (χ3v) is 3.58. The van der Waals surface area contributed by atoms with Crippen molar-refractivity contribution in [2.75, 3.05) is 26.2 Å². The summed E-state index contributed by atoms with van der Waals surface area (Å²) < 4.78 is 0. The molecule has 0 radical (unpaired) electrons. The molecule has 2 aliphatic heterocycles. The Labute approximate surface area is 75.5 Å². The van der Waals surface area contributed by atoms with Crippen LogP contribution in [0.25, 0.3) is 0 Å². The van der Waals surface area contributed by atoms with E-state index in [1.807, 2.05) is 0 Å². The summed E-state index contributed by atoms with van der Waals surface area (Å²) in [6.07, 6.45) is 2.83. The van der Waals surface area contributed by atoms with Gasteiger partial charge in [0.05, 0.1) is 0 Å². The Hall–Kier alpha value is -0.0800. The monoisotopic (exact) mass is 168 g/mol. The zero-order chi connectivity index (χ0) is 8.55. The van der Waals surface area contributed by atoms with Gasteiger partial charge in [-0.15, -0.1) is 0 Å². The van der Waals surface area contributed by atoms with E-state index < -0.39 is 0 Å². The maximum absolute atomic E-state index is 2.65. The van der Waals surface area contributed by atoms with Gasteiger partial charge in [-0.2, -0.15) is 0 Å². The lowest BCUT2D eigenvalue weighted by molar-refractivity contribution is 0.181. The van der Waals surface area contributed by atoms with E-state index in [2.05, 4.69) is 23.6 Å². The number of likely N-dealkylation sites (tertiary alicyclic amines) is 2. The van der Waals surface area contributed by atoms with Crippen LogP contribution < -0.4 is 0 Å². The fourth-order valence-electron chi connectivity index (χ4n) is 2.82. The third-order valence-electron chi connectivity index (χ3n) is 3.58. The normalized spacial score (nSPS) is 37.5. The van der Waals surface area contributed by atoms with Crippen molar-refractivity contribution in [1.82, 2.24) is 9.80 Å². The highest BCUT2D eigenvalue weighted by molar-refractivity contribution is 4.94. The first-order valence-electron chi connectivity index (χ1n) is 5.33. The van der Waals surface area contributed by atoms with E-state index in [-0.39, 0.29) is 0 Å². The molecule has 0 aromatic carbocycles. The molecule has 2 rings (SSSR count). The summed E-state index contributed by atoms with van der Waals surface area (Å²) in [5.41, 5.74) is 0. The Kier molecular flexibility index (Phi) is 2.37. The van der Waals surface area contributed by atoms with Crippen molar-refractivity contribution >= 4 is 0 Å². The molecule has 0 N–H and O–H groups in total. The molecular formula is C10H20N2. The van der Waals surface area contributed by atoms with Crippen LogP contribution in [0.15, 0.2) is 0 Å². The average Bonchev–Trinajstić information content (AvgIpc) is 2.44. The molecule has 2 nitrogen and oxygen atoms in total. The lowest BCUT2D eigenvalue weighted by Gasteiger charge is -2.31. The molecule has 0 spiro atoms. The number of fused-ring (bicyclic) bond motifs is 2. The van der Waals surface area contributed by atoms with E-state index in [1.165, 1.54) is 39.0 Å². The third kappa shape index (κ3) is 1.27. The summed E-state index contributed by atoms with van der Waals surface area (Å²) in [4.78, 5) is 5.30. The summed E-state index contributed by atoms with van der Waals surface area (Å²) in [6.45, 7) is 9.73. The van der Waals surface area contributed by atoms with Gasteiger partial charge in [0.2, 0.25) is 0 Å². The summed E-state index contributed by atoms with van der Waals surface area (Å²) >= 11 is 0. The lowest BCUT2D eigenvalue weighted by Crippen LogP contribution is -2.40. The van der Waals surface area contributed by atoms with Gasteiger partial charge < -0.3 is 0 Å². The highest BCUT2D eigenvalue weighted by Crippen LogP contribution is 2.28. The van der Waals surface area contributed by atoms with Crippen molar-refractivity contribution in [2.45, 2.75) is 38.8 Å². The van der Waals surface area contributed by atoms with E-state index in [1.54, 1.807) is 0 Å². The van der Waals surface area contributed by atoms with Crippen LogP contribution in [0.4, 0.5) is 0 Å². The van der Waals surface area contributed by atoms with Gasteiger partial charge in [0.25, 0.3) is 0 Å². The Morgan fingerprint density at radius 3 is 2.50 bits per heavy atom. The second-order valence-corrected chi connectivity index (χ2v) is 4.05. The van der Waals surface area contributed by atoms with E-state index in [0.717, 1.165) is 12.1 Å².